The fraction of sp³-hybridized carbons (Fsp3) is 0.333. The smallest absolute Gasteiger partial charge is 0.123 e. The molecule has 1 heterocycles. The van der Waals surface area contributed by atoms with Crippen LogP contribution in [-0.4, -0.2) is 15.0 Å². The van der Waals surface area contributed by atoms with E-state index in [4.69, 9.17) is 5.84 Å². The number of halogens is 1. The lowest BCUT2D eigenvalue weighted by atomic mass is 10.0. The second kappa shape index (κ2) is 5.70. The molecule has 1 atom stereocenters. The van der Waals surface area contributed by atoms with Gasteiger partial charge in [0.15, 0.2) is 0 Å². The van der Waals surface area contributed by atoms with E-state index in [0.717, 1.165) is 24.2 Å². The predicted octanol–water partition coefficient (Wildman–Crippen LogP) is 1.38. The number of aromatic nitrogens is 3. The first-order valence-electron chi connectivity index (χ1n) is 5.86. The molecule has 18 heavy (non-hydrogen) atoms. The standard InChI is InChI=1S/C12H16FN5/c1-2-7-18-11(8-15-17-18)12(16-14)9-3-5-10(13)6-4-9/h3-6,8,12,16H,2,7,14H2,1H3. The monoisotopic (exact) mass is 249 g/mol. The molecule has 0 aliphatic rings. The summed E-state index contributed by atoms with van der Waals surface area (Å²) < 4.78 is 14.7. The van der Waals surface area contributed by atoms with E-state index in [1.807, 2.05) is 0 Å². The van der Waals surface area contributed by atoms with Crippen molar-refractivity contribution < 1.29 is 4.39 Å². The van der Waals surface area contributed by atoms with Gasteiger partial charge in [0.2, 0.25) is 0 Å². The van der Waals surface area contributed by atoms with Gasteiger partial charge in [-0.3, -0.25) is 5.84 Å². The Bertz CT molecular complexity index is 493. The minimum absolute atomic E-state index is 0.243. The molecule has 0 saturated heterocycles. The van der Waals surface area contributed by atoms with Crippen LogP contribution in [0.3, 0.4) is 0 Å². The van der Waals surface area contributed by atoms with Gasteiger partial charge in [0.25, 0.3) is 0 Å². The third kappa shape index (κ3) is 2.55. The summed E-state index contributed by atoms with van der Waals surface area (Å²) in [5.74, 6) is 5.32. The van der Waals surface area contributed by atoms with Gasteiger partial charge < -0.3 is 0 Å². The maximum absolute atomic E-state index is 12.9. The number of hydrogen-bond donors (Lipinski definition) is 2. The van der Waals surface area contributed by atoms with Crippen LogP contribution < -0.4 is 11.3 Å². The normalized spacial score (nSPS) is 12.6. The van der Waals surface area contributed by atoms with E-state index in [1.165, 1.54) is 12.1 Å². The van der Waals surface area contributed by atoms with Crippen LogP contribution >= 0.6 is 0 Å². The molecular formula is C12H16FN5. The van der Waals surface area contributed by atoms with Crippen molar-refractivity contribution in [2.75, 3.05) is 0 Å². The van der Waals surface area contributed by atoms with E-state index in [0.29, 0.717) is 0 Å². The van der Waals surface area contributed by atoms with Crippen molar-refractivity contribution in [3.63, 3.8) is 0 Å². The van der Waals surface area contributed by atoms with Gasteiger partial charge in [-0.25, -0.2) is 14.5 Å². The van der Waals surface area contributed by atoms with E-state index >= 15 is 0 Å². The molecule has 3 N–H and O–H groups in total. The van der Waals surface area contributed by atoms with Gasteiger partial charge in [0, 0.05) is 6.54 Å². The lowest BCUT2D eigenvalue weighted by molar-refractivity contribution is 0.511. The number of benzene rings is 1. The first-order valence-corrected chi connectivity index (χ1v) is 5.86. The third-order valence-electron chi connectivity index (χ3n) is 2.75. The third-order valence-corrected chi connectivity index (χ3v) is 2.75. The molecule has 0 aliphatic heterocycles. The fourth-order valence-electron chi connectivity index (χ4n) is 1.88. The number of nitrogens with one attached hydrogen (secondary N) is 1. The Kier molecular flexibility index (Phi) is 4.01. The lowest BCUT2D eigenvalue weighted by Crippen LogP contribution is -2.30. The number of hydrazine groups is 1. The highest BCUT2D eigenvalue weighted by molar-refractivity contribution is 5.26. The maximum atomic E-state index is 12.9. The summed E-state index contributed by atoms with van der Waals surface area (Å²) in [5.41, 5.74) is 4.46. The van der Waals surface area contributed by atoms with Gasteiger partial charge in [0.1, 0.15) is 5.82 Å². The molecule has 0 spiro atoms. The largest absolute Gasteiger partial charge is 0.271 e. The first kappa shape index (κ1) is 12.7. The van der Waals surface area contributed by atoms with E-state index in [1.54, 1.807) is 23.0 Å². The average molecular weight is 249 g/mol. The highest BCUT2D eigenvalue weighted by atomic mass is 19.1. The second-order valence-electron chi connectivity index (χ2n) is 4.03. The number of nitrogens with zero attached hydrogens (tertiary/aromatic N) is 3. The van der Waals surface area contributed by atoms with Crippen LogP contribution in [0, 0.1) is 5.82 Å². The summed E-state index contributed by atoms with van der Waals surface area (Å²) in [4.78, 5) is 0. The highest BCUT2D eigenvalue weighted by Crippen LogP contribution is 2.20. The van der Waals surface area contributed by atoms with Crippen molar-refractivity contribution in [1.82, 2.24) is 20.4 Å². The van der Waals surface area contributed by atoms with Gasteiger partial charge in [-0.2, -0.15) is 0 Å². The van der Waals surface area contributed by atoms with Crippen LogP contribution in [0.5, 0.6) is 0 Å². The number of hydrogen-bond acceptors (Lipinski definition) is 4. The molecule has 6 heteroatoms. The van der Waals surface area contributed by atoms with Crippen LogP contribution in [0.1, 0.15) is 30.6 Å². The predicted molar refractivity (Wildman–Crippen MR) is 65.9 cm³/mol. The van der Waals surface area contributed by atoms with Gasteiger partial charge in [-0.15, -0.1) is 5.10 Å². The van der Waals surface area contributed by atoms with Crippen LogP contribution in [0.4, 0.5) is 4.39 Å². The number of nitrogens with two attached hydrogens (primary N) is 1. The Morgan fingerprint density at radius 2 is 2.11 bits per heavy atom. The quantitative estimate of drug-likeness (QED) is 0.620. The molecule has 0 saturated carbocycles. The lowest BCUT2D eigenvalue weighted by Gasteiger charge is -2.17. The summed E-state index contributed by atoms with van der Waals surface area (Å²) in [7, 11) is 0. The SMILES string of the molecule is CCCn1nncc1C(NN)c1ccc(F)cc1. The van der Waals surface area contributed by atoms with Crippen LogP contribution in [0.25, 0.3) is 0 Å². The van der Waals surface area contributed by atoms with Crippen molar-refractivity contribution in [3.05, 3.63) is 47.5 Å². The molecule has 0 aliphatic carbocycles. The van der Waals surface area contributed by atoms with Crippen molar-refractivity contribution >= 4 is 0 Å². The van der Waals surface area contributed by atoms with E-state index < -0.39 is 0 Å². The molecule has 0 bridgehead atoms. The van der Waals surface area contributed by atoms with Crippen molar-refractivity contribution in [1.29, 1.82) is 0 Å². The molecule has 1 aromatic heterocycles. The molecule has 0 radical (unpaired) electrons. The molecule has 96 valence electrons. The second-order valence-corrected chi connectivity index (χ2v) is 4.03. The van der Waals surface area contributed by atoms with Crippen LogP contribution in [0.2, 0.25) is 0 Å². The topological polar surface area (TPSA) is 68.8 Å². The van der Waals surface area contributed by atoms with Crippen molar-refractivity contribution in [2.24, 2.45) is 5.84 Å². The molecule has 2 aromatic rings. The van der Waals surface area contributed by atoms with Crippen molar-refractivity contribution in [2.45, 2.75) is 25.9 Å². The first-order chi connectivity index (χ1) is 8.76. The van der Waals surface area contributed by atoms with Gasteiger partial charge in [0.05, 0.1) is 17.9 Å². The van der Waals surface area contributed by atoms with Crippen LogP contribution in [0.15, 0.2) is 30.5 Å². The number of rotatable bonds is 5. The molecule has 1 unspecified atom stereocenters. The Hall–Kier alpha value is -1.79. The molecule has 5 nitrogen and oxygen atoms in total. The van der Waals surface area contributed by atoms with Gasteiger partial charge in [-0.1, -0.05) is 24.3 Å². The molecule has 0 fully saturated rings. The zero-order valence-electron chi connectivity index (χ0n) is 10.2. The summed E-state index contributed by atoms with van der Waals surface area (Å²) >= 11 is 0. The minimum atomic E-state index is -0.269. The zero-order chi connectivity index (χ0) is 13.0. The fourth-order valence-corrected chi connectivity index (χ4v) is 1.88. The van der Waals surface area contributed by atoms with E-state index in [2.05, 4.69) is 22.7 Å². The van der Waals surface area contributed by atoms with Gasteiger partial charge >= 0.3 is 0 Å². The maximum Gasteiger partial charge on any atom is 0.123 e. The highest BCUT2D eigenvalue weighted by Gasteiger charge is 2.17. The van der Waals surface area contributed by atoms with Crippen molar-refractivity contribution in [3.8, 4) is 0 Å². The Morgan fingerprint density at radius 1 is 1.39 bits per heavy atom. The van der Waals surface area contributed by atoms with E-state index in [-0.39, 0.29) is 11.9 Å². The zero-order valence-corrected chi connectivity index (χ0v) is 10.2. The Morgan fingerprint density at radius 3 is 2.72 bits per heavy atom. The number of aryl methyl sites for hydroxylation is 1. The summed E-state index contributed by atoms with van der Waals surface area (Å²) in [6.45, 7) is 2.84. The summed E-state index contributed by atoms with van der Waals surface area (Å²) in [6, 6.07) is 5.97. The molecule has 0 amide bonds. The molecule has 1 aromatic carbocycles. The van der Waals surface area contributed by atoms with Crippen LogP contribution in [-0.2, 0) is 6.54 Å². The molecule has 2 rings (SSSR count). The summed E-state index contributed by atoms with van der Waals surface area (Å²) in [6.07, 6.45) is 2.63. The van der Waals surface area contributed by atoms with Gasteiger partial charge in [-0.05, 0) is 24.1 Å². The molecular weight excluding hydrogens is 233 g/mol. The average Bonchev–Trinajstić information content (AvgIpc) is 2.82. The minimum Gasteiger partial charge on any atom is -0.271 e. The van der Waals surface area contributed by atoms with E-state index in [9.17, 15) is 4.39 Å². The Balaban J connectivity index is 2.32. The summed E-state index contributed by atoms with van der Waals surface area (Å²) in [5, 5.41) is 7.91. The Labute approximate surface area is 105 Å².